The van der Waals surface area contributed by atoms with Crippen LogP contribution in [0.25, 0.3) is 22.3 Å². The number of imidazole rings is 2. The number of rotatable bonds is 8. The van der Waals surface area contributed by atoms with E-state index >= 15 is 0 Å². The number of aliphatic hydroxyl groups is 1. The number of H-pyrrole nitrogens is 1. The van der Waals surface area contributed by atoms with Crippen molar-refractivity contribution in [3.05, 3.63) is 128 Å². The molecule has 8 heterocycles. The van der Waals surface area contributed by atoms with Crippen LogP contribution >= 0.6 is 0 Å². The predicted molar refractivity (Wildman–Crippen MR) is 279 cm³/mol. The van der Waals surface area contributed by atoms with Crippen LogP contribution in [-0.4, -0.2) is 156 Å². The summed E-state index contributed by atoms with van der Waals surface area (Å²) in [5.41, 5.74) is 1.05. The summed E-state index contributed by atoms with van der Waals surface area (Å²) in [4.78, 5) is 96.2. The van der Waals surface area contributed by atoms with E-state index in [0.29, 0.717) is 57.8 Å². The van der Waals surface area contributed by atoms with Gasteiger partial charge in [0.1, 0.15) is 25.2 Å². The number of aromatic nitrogens is 6. The van der Waals surface area contributed by atoms with Crippen molar-refractivity contribution in [2.24, 2.45) is 0 Å². The van der Waals surface area contributed by atoms with Gasteiger partial charge in [-0.1, -0.05) is 36.4 Å². The monoisotopic (exact) mass is 1220 g/mol. The summed E-state index contributed by atoms with van der Waals surface area (Å²) in [5.74, 6) is -8.24. The number of hydrogen-bond acceptors (Lipinski definition) is 9. The largest absolute Gasteiger partial charge is 1.00 e. The van der Waals surface area contributed by atoms with Crippen LogP contribution in [0.3, 0.4) is 0 Å². The molecule has 0 saturated carbocycles. The molecule has 0 spiro atoms. The van der Waals surface area contributed by atoms with Gasteiger partial charge in [0.2, 0.25) is 17.5 Å². The maximum Gasteiger partial charge on any atom is 1.00 e. The molecule has 84 heavy (non-hydrogen) atoms. The van der Waals surface area contributed by atoms with Gasteiger partial charge in [-0.25, -0.2) is 36.9 Å². The summed E-state index contributed by atoms with van der Waals surface area (Å²) in [5, 5.41) is 12.7. The maximum absolute atomic E-state index is 14.5. The molecule has 19 nitrogen and oxygen atoms in total. The Morgan fingerprint density at radius 1 is 0.619 bits per heavy atom. The molecule has 4 aliphatic rings. The molecule has 6 aromatic rings. The van der Waals surface area contributed by atoms with Crippen molar-refractivity contribution in [1.29, 1.82) is 0 Å². The van der Waals surface area contributed by atoms with Crippen molar-refractivity contribution in [2.45, 2.75) is 107 Å². The molecular weight excluding hydrogens is 1160 g/mol. The predicted octanol–water partition coefficient (Wildman–Crippen LogP) is 4.00. The number of aliphatic hydroxyl groups excluding tert-OH is 1. The molecule has 4 fully saturated rings. The van der Waals surface area contributed by atoms with Crippen LogP contribution in [0.4, 0.5) is 53.5 Å². The minimum atomic E-state index is -4.73. The number of pyridine rings is 2. The average molecular weight is 1220 g/mol. The summed E-state index contributed by atoms with van der Waals surface area (Å²) >= 11 is 0. The van der Waals surface area contributed by atoms with Gasteiger partial charge >= 0.3 is 81.5 Å². The van der Waals surface area contributed by atoms with Crippen molar-refractivity contribution >= 4 is 46.2 Å². The summed E-state index contributed by atoms with van der Waals surface area (Å²) in [7, 11) is 0. The molecule has 448 valence electrons. The number of nitrogens with zero attached hydrogens (tertiary/aromatic N) is 9. The number of carbonyl (C=O) groups is 4. The minimum Gasteiger partial charge on any atom is -0.397 e. The molecule has 0 radical (unpaired) electrons. The Labute approximate surface area is 515 Å². The van der Waals surface area contributed by atoms with Crippen molar-refractivity contribution in [3.63, 3.8) is 0 Å². The molecule has 0 unspecified atom stereocenters. The van der Waals surface area contributed by atoms with Crippen LogP contribution in [0.1, 0.15) is 93.3 Å². The van der Waals surface area contributed by atoms with Crippen LogP contribution in [0.2, 0.25) is 0 Å². The van der Waals surface area contributed by atoms with E-state index in [1.807, 2.05) is 0 Å². The fourth-order valence-electron chi connectivity index (χ4n) is 11.2. The topological polar surface area (TPSA) is 225 Å². The SMILES string of the molecule is CCO.O=C(N[C@@H]1CC[C@@H](c2cccc(F)c2F)CN(CC(F)(F)F)C1=O)N1CCC(n2c(=O)[n-]c3ncccc32)CC1.O=C(N[C@@H]1CC[C@@H](c2cccc(F)c2F)CN(CC(F)(F)F)C1=O)N1CCC(n2c(=O)[nH]c3ncccc32)CC1.[K+]. The van der Waals surface area contributed by atoms with Gasteiger partial charge in [-0.05, 0) is 106 Å². The van der Waals surface area contributed by atoms with Crippen molar-refractivity contribution in [3.8, 4) is 0 Å². The van der Waals surface area contributed by atoms with Crippen LogP contribution < -0.4 is 78.4 Å². The van der Waals surface area contributed by atoms with Gasteiger partial charge in [0.25, 0.3) is 0 Å². The number of halogens is 10. The van der Waals surface area contributed by atoms with Gasteiger partial charge in [-0.15, -0.1) is 0 Å². The number of piperidine rings is 2. The first-order valence-electron chi connectivity index (χ1n) is 26.8. The third-order valence-corrected chi connectivity index (χ3v) is 15.0. The maximum atomic E-state index is 14.5. The minimum absolute atomic E-state index is 0. The smallest absolute Gasteiger partial charge is 0.397 e. The third-order valence-electron chi connectivity index (χ3n) is 15.0. The van der Waals surface area contributed by atoms with E-state index in [9.17, 15) is 72.7 Å². The number of hydrogen-bond donors (Lipinski definition) is 4. The second-order valence-corrected chi connectivity index (χ2v) is 20.5. The van der Waals surface area contributed by atoms with E-state index in [1.54, 1.807) is 46.5 Å². The van der Waals surface area contributed by atoms with E-state index in [4.69, 9.17) is 5.11 Å². The Morgan fingerprint density at radius 3 is 1.50 bits per heavy atom. The molecule has 0 bridgehead atoms. The number of likely N-dealkylation sites (tertiary alicyclic amines) is 4. The molecule has 4 aromatic heterocycles. The quantitative estimate of drug-likeness (QED) is 0.127. The van der Waals surface area contributed by atoms with E-state index in [2.05, 4.69) is 30.6 Å². The zero-order valence-electron chi connectivity index (χ0n) is 45.6. The van der Waals surface area contributed by atoms with Crippen molar-refractivity contribution in [2.75, 3.05) is 59.0 Å². The summed E-state index contributed by atoms with van der Waals surface area (Å²) < 4.78 is 140. The Hall–Kier alpha value is -6.34. The van der Waals surface area contributed by atoms with Gasteiger partial charge in [0.05, 0.1) is 5.52 Å². The van der Waals surface area contributed by atoms with E-state index < -0.39 is 115 Å². The first kappa shape index (κ1) is 65.2. The summed E-state index contributed by atoms with van der Waals surface area (Å²) in [6, 6.07) is 9.63. The number of aromatic amines is 1. The number of amides is 6. The second-order valence-electron chi connectivity index (χ2n) is 20.5. The molecule has 4 atom stereocenters. The number of fused-ring (bicyclic) bond motifs is 2. The molecule has 10 rings (SSSR count). The number of urea groups is 2. The first-order chi connectivity index (χ1) is 39.4. The third kappa shape index (κ3) is 15.7. The zero-order valence-corrected chi connectivity index (χ0v) is 48.7. The van der Waals surface area contributed by atoms with Crippen molar-refractivity contribution < 1.29 is 120 Å². The molecule has 4 N–H and O–H groups in total. The number of benzene rings is 2. The summed E-state index contributed by atoms with van der Waals surface area (Å²) in [6.07, 6.45) is -4.61. The number of alkyl halides is 6. The molecule has 6 amide bonds. The fraction of sp³-hybridized carbons (Fsp3) is 0.481. The van der Waals surface area contributed by atoms with Gasteiger partial charge in [-0.2, -0.15) is 26.3 Å². The standard InChI is InChI=1S/2C26H27F5N6O3.C2H6O.K/c2*27-18-4-1-3-17(21(18)28)15-6-7-19(23(38)36(13-15)14-26(29,30)31)33-24(39)35-11-8-16(9-12-35)37-20-5-2-10-32-22(20)34-25(37)40;1-2-3;/h1-5,10,15-16,19H,6-9,11-14H2,(H,33,39)(H,32,34,40);1-5,10,15-16,19H,6-9,11-14H2,(H2,32,33,34,39,40);3H,2H2,1H3;/q;;;+1/p-1/t2*15-,19-;;/m11../s1. The van der Waals surface area contributed by atoms with Gasteiger partial charge in [-0.3, -0.25) is 23.9 Å². The van der Waals surface area contributed by atoms with Crippen LogP contribution in [-0.2, 0) is 9.59 Å². The number of carbonyl (C=O) groups excluding carboxylic acids is 4. The zero-order chi connectivity index (χ0) is 59.9. The van der Waals surface area contributed by atoms with Crippen LogP contribution in [0.5, 0.6) is 0 Å². The van der Waals surface area contributed by atoms with Gasteiger partial charge < -0.3 is 49.9 Å². The van der Waals surface area contributed by atoms with E-state index in [1.165, 1.54) is 40.3 Å². The van der Waals surface area contributed by atoms with Crippen LogP contribution in [0, 0.1) is 23.3 Å². The van der Waals surface area contributed by atoms with Gasteiger partial charge in [0, 0.05) is 81.1 Å². The molecule has 4 saturated heterocycles. The molecule has 4 aliphatic heterocycles. The van der Waals surface area contributed by atoms with E-state index in [0.717, 1.165) is 12.1 Å². The molecular formula is C54H59F10KN12O7. The first-order valence-corrected chi connectivity index (χ1v) is 26.8. The molecule has 0 aliphatic carbocycles. The second kappa shape index (κ2) is 28.2. The fourth-order valence-corrected chi connectivity index (χ4v) is 11.2. The normalized spacial score (nSPS) is 20.3. The Kier molecular flexibility index (Phi) is 21.9. The van der Waals surface area contributed by atoms with E-state index in [-0.39, 0.29) is 139 Å². The number of nitrogens with one attached hydrogen (secondary N) is 3. The summed E-state index contributed by atoms with van der Waals surface area (Å²) in [6.45, 7) is -1.19. The average Bonchev–Trinajstić information content (AvgIpc) is 4.14. The van der Waals surface area contributed by atoms with Gasteiger partial charge in [0.15, 0.2) is 28.9 Å². The Balaban J connectivity index is 0.000000228. The Bertz CT molecular complexity index is 3180. The molecule has 2 aromatic carbocycles. The Morgan fingerprint density at radius 2 is 1.05 bits per heavy atom. The van der Waals surface area contributed by atoms with Crippen molar-refractivity contribution in [1.82, 2.24) is 59.3 Å². The van der Waals surface area contributed by atoms with Crippen LogP contribution in [0.15, 0.2) is 82.6 Å². The molecule has 30 heteroatoms.